The molecule has 1 saturated heterocycles. The van der Waals surface area contributed by atoms with Gasteiger partial charge >= 0.3 is 0 Å². The minimum absolute atomic E-state index is 0.0196. The van der Waals surface area contributed by atoms with Crippen LogP contribution in [-0.4, -0.2) is 60.4 Å². The summed E-state index contributed by atoms with van der Waals surface area (Å²) in [6.45, 7) is 2.90. The van der Waals surface area contributed by atoms with E-state index in [2.05, 4.69) is 10.2 Å². The predicted octanol–water partition coefficient (Wildman–Crippen LogP) is 1.24. The highest BCUT2D eigenvalue weighted by Crippen LogP contribution is 2.24. The Bertz CT molecular complexity index is 608. The summed E-state index contributed by atoms with van der Waals surface area (Å²) in [6.07, 6.45) is 1.86. The van der Waals surface area contributed by atoms with Crippen LogP contribution < -0.4 is 5.32 Å². The van der Waals surface area contributed by atoms with Crippen LogP contribution in [0.5, 0.6) is 0 Å². The third-order valence-electron chi connectivity index (χ3n) is 5.03. The first-order valence-corrected chi connectivity index (χ1v) is 8.78. The van der Waals surface area contributed by atoms with E-state index in [0.717, 1.165) is 38.1 Å². The van der Waals surface area contributed by atoms with Crippen LogP contribution in [0.15, 0.2) is 18.2 Å². The van der Waals surface area contributed by atoms with E-state index in [9.17, 15) is 18.7 Å². The third-order valence-corrected chi connectivity index (χ3v) is 5.03. The van der Waals surface area contributed by atoms with Crippen molar-refractivity contribution in [1.29, 1.82) is 0 Å². The van der Waals surface area contributed by atoms with Crippen LogP contribution in [0.25, 0.3) is 0 Å². The van der Waals surface area contributed by atoms with Gasteiger partial charge in [-0.15, -0.1) is 0 Å². The number of carbonyl (C=O) groups is 1. The van der Waals surface area contributed by atoms with Crippen molar-refractivity contribution in [3.8, 4) is 0 Å². The lowest BCUT2D eigenvalue weighted by molar-refractivity contribution is -0.123. The van der Waals surface area contributed by atoms with Gasteiger partial charge in [-0.25, -0.2) is 8.78 Å². The number of amides is 1. The van der Waals surface area contributed by atoms with Crippen LogP contribution in [-0.2, 0) is 16.0 Å². The minimum Gasteiger partial charge on any atom is -0.389 e. The van der Waals surface area contributed by atoms with Crippen LogP contribution >= 0.6 is 0 Å². The van der Waals surface area contributed by atoms with Gasteiger partial charge in [-0.2, -0.15) is 0 Å². The Morgan fingerprint density at radius 3 is 2.72 bits per heavy atom. The molecule has 1 aliphatic heterocycles. The van der Waals surface area contributed by atoms with Crippen LogP contribution in [0.1, 0.15) is 24.8 Å². The molecule has 0 unspecified atom stereocenters. The van der Waals surface area contributed by atoms with E-state index in [1.165, 1.54) is 6.07 Å². The van der Waals surface area contributed by atoms with Crippen molar-refractivity contribution in [3.63, 3.8) is 0 Å². The van der Waals surface area contributed by atoms with Crippen molar-refractivity contribution in [2.45, 2.75) is 43.9 Å². The van der Waals surface area contributed by atoms with Gasteiger partial charge in [-0.1, -0.05) is 6.07 Å². The van der Waals surface area contributed by atoms with Crippen molar-refractivity contribution in [3.05, 3.63) is 35.4 Å². The molecule has 0 bridgehead atoms. The second kappa shape index (κ2) is 8.21. The van der Waals surface area contributed by atoms with Gasteiger partial charge in [0.15, 0.2) is 11.6 Å². The van der Waals surface area contributed by atoms with Gasteiger partial charge in [0.25, 0.3) is 0 Å². The Kier molecular flexibility index (Phi) is 5.98. The summed E-state index contributed by atoms with van der Waals surface area (Å²) in [4.78, 5) is 14.5. The molecule has 3 rings (SSSR count). The van der Waals surface area contributed by atoms with Crippen molar-refractivity contribution >= 4 is 5.91 Å². The Morgan fingerprint density at radius 1 is 1.24 bits per heavy atom. The quantitative estimate of drug-likeness (QED) is 0.854. The topological polar surface area (TPSA) is 61.8 Å². The molecule has 1 aromatic rings. The number of nitrogens with zero attached hydrogens (tertiary/aromatic N) is 1. The first-order valence-electron chi connectivity index (χ1n) is 8.78. The van der Waals surface area contributed by atoms with Crippen molar-refractivity contribution in [1.82, 2.24) is 10.2 Å². The fraction of sp³-hybridized carbons (Fsp3) is 0.611. The van der Waals surface area contributed by atoms with Gasteiger partial charge in [-0.05, 0) is 37.0 Å². The first-order chi connectivity index (χ1) is 12.0. The van der Waals surface area contributed by atoms with E-state index in [4.69, 9.17) is 4.74 Å². The average Bonchev–Trinajstić information content (AvgIpc) is 2.61. The summed E-state index contributed by atoms with van der Waals surface area (Å²) < 4.78 is 31.6. The van der Waals surface area contributed by atoms with E-state index < -0.39 is 17.7 Å². The number of aliphatic hydroxyl groups excluding tert-OH is 1. The van der Waals surface area contributed by atoms with Crippen molar-refractivity contribution < 1.29 is 23.4 Å². The SMILES string of the molecule is O=C(Cc1ccc(F)c(F)c1)N[C@@H]1CCC[C@@H](N2CCOCC2)[C@@H]1O. The molecule has 1 saturated carbocycles. The molecular weight excluding hydrogens is 330 g/mol. The molecule has 0 spiro atoms. The predicted molar refractivity (Wildman–Crippen MR) is 88.0 cm³/mol. The smallest absolute Gasteiger partial charge is 0.224 e. The Balaban J connectivity index is 1.57. The number of aliphatic hydroxyl groups is 1. The molecule has 2 fully saturated rings. The number of hydrogen-bond acceptors (Lipinski definition) is 4. The number of halogens is 2. The summed E-state index contributed by atoms with van der Waals surface area (Å²) in [5.74, 6) is -2.19. The molecule has 1 amide bonds. The molecule has 1 heterocycles. The zero-order valence-electron chi connectivity index (χ0n) is 14.1. The molecule has 5 nitrogen and oxygen atoms in total. The number of morpholine rings is 1. The second-order valence-corrected chi connectivity index (χ2v) is 6.74. The number of hydrogen-bond donors (Lipinski definition) is 2. The number of carbonyl (C=O) groups excluding carboxylic acids is 1. The number of rotatable bonds is 4. The van der Waals surface area contributed by atoms with Crippen LogP contribution in [0.2, 0.25) is 0 Å². The second-order valence-electron chi connectivity index (χ2n) is 6.74. The molecule has 1 aromatic carbocycles. The summed E-state index contributed by atoms with van der Waals surface area (Å²) in [5.41, 5.74) is 0.409. The molecule has 138 valence electrons. The fourth-order valence-electron chi connectivity index (χ4n) is 3.71. The summed E-state index contributed by atoms with van der Waals surface area (Å²) in [5, 5.41) is 13.5. The lowest BCUT2D eigenvalue weighted by Crippen LogP contribution is -2.58. The summed E-state index contributed by atoms with van der Waals surface area (Å²) in [7, 11) is 0. The fourth-order valence-corrected chi connectivity index (χ4v) is 3.71. The molecule has 7 heteroatoms. The molecule has 2 N–H and O–H groups in total. The molecule has 25 heavy (non-hydrogen) atoms. The number of nitrogens with one attached hydrogen (secondary N) is 1. The maximum atomic E-state index is 13.2. The van der Waals surface area contributed by atoms with Crippen LogP contribution in [0.4, 0.5) is 8.78 Å². The molecule has 0 radical (unpaired) electrons. The standard InChI is InChI=1S/C18H24F2N2O3/c19-13-5-4-12(10-14(13)20)11-17(23)21-15-2-1-3-16(18(15)24)22-6-8-25-9-7-22/h4-5,10,15-16,18,24H,1-3,6-9,11H2,(H,21,23)/t15-,16-,18-/m1/s1. The van der Waals surface area contributed by atoms with Crippen molar-refractivity contribution in [2.24, 2.45) is 0 Å². The van der Waals surface area contributed by atoms with E-state index in [0.29, 0.717) is 25.2 Å². The largest absolute Gasteiger partial charge is 0.389 e. The van der Waals surface area contributed by atoms with E-state index in [1.54, 1.807) is 0 Å². The summed E-state index contributed by atoms with van der Waals surface area (Å²) >= 11 is 0. The normalized spacial score (nSPS) is 27.9. The van der Waals surface area contributed by atoms with Gasteiger partial charge in [0.05, 0.1) is 31.8 Å². The third kappa shape index (κ3) is 4.54. The molecular formula is C18H24F2N2O3. The maximum absolute atomic E-state index is 13.2. The lowest BCUT2D eigenvalue weighted by Gasteiger charge is -2.43. The zero-order chi connectivity index (χ0) is 17.8. The van der Waals surface area contributed by atoms with E-state index in [-0.39, 0.29) is 24.4 Å². The average molecular weight is 354 g/mol. The van der Waals surface area contributed by atoms with Gasteiger partial charge in [0.1, 0.15) is 0 Å². The van der Waals surface area contributed by atoms with Crippen LogP contribution in [0.3, 0.4) is 0 Å². The highest BCUT2D eigenvalue weighted by atomic mass is 19.2. The van der Waals surface area contributed by atoms with E-state index >= 15 is 0 Å². The Morgan fingerprint density at radius 2 is 2.00 bits per heavy atom. The van der Waals surface area contributed by atoms with Gasteiger partial charge in [-0.3, -0.25) is 9.69 Å². The first kappa shape index (κ1) is 18.2. The lowest BCUT2D eigenvalue weighted by atomic mass is 9.86. The van der Waals surface area contributed by atoms with Gasteiger partial charge in [0, 0.05) is 19.1 Å². The minimum atomic E-state index is -0.963. The molecule has 3 atom stereocenters. The molecule has 1 aliphatic carbocycles. The Hall–Kier alpha value is -1.57. The van der Waals surface area contributed by atoms with E-state index in [1.807, 2.05) is 0 Å². The number of benzene rings is 1. The summed E-state index contributed by atoms with van der Waals surface area (Å²) in [6, 6.07) is 3.14. The highest BCUT2D eigenvalue weighted by molar-refractivity contribution is 5.78. The zero-order valence-corrected chi connectivity index (χ0v) is 14.1. The molecule has 2 aliphatic rings. The van der Waals surface area contributed by atoms with Crippen molar-refractivity contribution in [2.75, 3.05) is 26.3 Å². The van der Waals surface area contributed by atoms with Crippen LogP contribution in [0, 0.1) is 11.6 Å². The maximum Gasteiger partial charge on any atom is 0.224 e. The highest BCUT2D eigenvalue weighted by Gasteiger charge is 2.36. The monoisotopic (exact) mass is 354 g/mol. The van der Waals surface area contributed by atoms with Gasteiger partial charge < -0.3 is 15.2 Å². The molecule has 0 aromatic heterocycles. The number of ether oxygens (including phenoxy) is 1. The Labute approximate surface area is 146 Å². The van der Waals surface area contributed by atoms with Gasteiger partial charge in [0.2, 0.25) is 5.91 Å².